The molecule has 0 aromatic heterocycles. The summed E-state index contributed by atoms with van der Waals surface area (Å²) in [6.07, 6.45) is 0. The first-order valence-electron chi connectivity index (χ1n) is 2.78. The van der Waals surface area contributed by atoms with E-state index in [4.69, 9.17) is 0 Å². The molecule has 0 radical (unpaired) electrons. The molecular formula is C6H8N2O4PtS2. The van der Waals surface area contributed by atoms with Gasteiger partial charge in [-0.1, -0.05) is 23.5 Å². The Kier molecular flexibility index (Phi) is 12.1. The van der Waals surface area contributed by atoms with Crippen molar-refractivity contribution in [3.63, 3.8) is 0 Å². The van der Waals surface area contributed by atoms with Crippen LogP contribution in [-0.4, -0.2) is 11.9 Å². The van der Waals surface area contributed by atoms with Gasteiger partial charge in [-0.05, 0) is 10.8 Å². The van der Waals surface area contributed by atoms with E-state index in [1.54, 1.807) is 10.8 Å². The van der Waals surface area contributed by atoms with Gasteiger partial charge in [-0.3, -0.25) is 0 Å². The molecule has 88 valence electrons. The van der Waals surface area contributed by atoms with Gasteiger partial charge < -0.3 is 32.1 Å². The fourth-order valence-electron chi connectivity index (χ4n) is 0.575. The molecule has 1 heterocycles. The Balaban J connectivity index is -0.000000480. The van der Waals surface area contributed by atoms with E-state index in [1.165, 1.54) is 0 Å². The average Bonchev–Trinajstić information content (AvgIpc) is 2.37. The zero-order valence-electron chi connectivity index (χ0n) is 7.33. The van der Waals surface area contributed by atoms with Crippen LogP contribution in [0.4, 0.5) is 0 Å². The van der Waals surface area contributed by atoms with Crippen LogP contribution < -0.4 is 22.5 Å². The van der Waals surface area contributed by atoms with Crippen LogP contribution >= 0.6 is 23.5 Å². The fourth-order valence-corrected chi connectivity index (χ4v) is 2.39. The maximum absolute atomic E-state index is 10.3. The minimum atomic E-state index is -1.71. The number of hydrogen-bond donors (Lipinski definition) is 2. The number of rotatable bonds is 2. The topological polar surface area (TPSA) is 150 Å². The van der Waals surface area contributed by atoms with Crippen LogP contribution in [0.25, 0.3) is 0 Å². The van der Waals surface area contributed by atoms with Gasteiger partial charge in [-0.15, -0.1) is 0 Å². The van der Waals surface area contributed by atoms with Crippen molar-refractivity contribution in [1.29, 1.82) is 0 Å². The third-order valence-electron chi connectivity index (χ3n) is 1.02. The quantitative estimate of drug-likeness (QED) is 0.320. The van der Waals surface area contributed by atoms with Gasteiger partial charge in [0.25, 0.3) is 0 Å². The van der Waals surface area contributed by atoms with Gasteiger partial charge in [0.15, 0.2) is 0 Å². The van der Waals surface area contributed by atoms with Crippen molar-refractivity contribution in [2.75, 3.05) is 0 Å². The molecule has 0 spiro atoms. The Labute approximate surface area is 109 Å². The Morgan fingerprint density at radius 2 is 1.33 bits per heavy atom. The van der Waals surface area contributed by atoms with Crippen molar-refractivity contribution < 1.29 is 40.9 Å². The number of carbonyl (C=O) groups is 2. The van der Waals surface area contributed by atoms with Crippen molar-refractivity contribution in [3.05, 3.63) is 20.6 Å². The summed E-state index contributed by atoms with van der Waals surface area (Å²) in [5.41, 5.74) is -0.782. The Bertz CT molecular complexity index is 280. The first-order valence-corrected chi connectivity index (χ1v) is 4.54. The summed E-state index contributed by atoms with van der Waals surface area (Å²) < 4.78 is 0.176. The standard InChI is InChI=1S/C6H4O4S2.2H3N.Pt/c7-4(8)3(5(9)10)6-11-1-2-12-6;;;/h1-2H,(H,7,8)(H,9,10);2*1H3;/q;;;+2/p-2. The normalized spacial score (nSPS) is 11.9. The number of carboxylic acid groups (broad SMARTS) is 2. The van der Waals surface area contributed by atoms with Crippen molar-refractivity contribution in [1.82, 2.24) is 12.3 Å². The van der Waals surface area contributed by atoms with Crippen LogP contribution in [0.2, 0.25) is 0 Å². The SMILES string of the molecule is N.N.O=C([O-])C(C(=O)[O-])=C1SC=CS1.[Pt+2]. The summed E-state index contributed by atoms with van der Waals surface area (Å²) >= 11 is 2.05. The molecule has 0 atom stereocenters. The van der Waals surface area contributed by atoms with E-state index in [2.05, 4.69) is 0 Å². The van der Waals surface area contributed by atoms with Crippen molar-refractivity contribution in [2.24, 2.45) is 0 Å². The second-order valence-electron chi connectivity index (χ2n) is 1.75. The van der Waals surface area contributed by atoms with Gasteiger partial charge in [0, 0.05) is 5.57 Å². The summed E-state index contributed by atoms with van der Waals surface area (Å²) in [5, 5.41) is 23.7. The average molecular weight is 431 g/mol. The summed E-state index contributed by atoms with van der Waals surface area (Å²) in [7, 11) is 0. The number of carbonyl (C=O) groups excluding carboxylic acids is 2. The molecule has 0 bridgehead atoms. The van der Waals surface area contributed by atoms with Crippen LogP contribution in [0.3, 0.4) is 0 Å². The summed E-state index contributed by atoms with van der Waals surface area (Å²) in [6.45, 7) is 0. The van der Waals surface area contributed by atoms with E-state index >= 15 is 0 Å². The van der Waals surface area contributed by atoms with Crippen LogP contribution in [0.5, 0.6) is 0 Å². The molecule has 0 amide bonds. The summed E-state index contributed by atoms with van der Waals surface area (Å²) in [4.78, 5) is 20.6. The Morgan fingerprint density at radius 1 is 1.00 bits per heavy atom. The first kappa shape index (κ1) is 20.2. The van der Waals surface area contributed by atoms with E-state index in [0.717, 1.165) is 23.5 Å². The zero-order chi connectivity index (χ0) is 9.14. The van der Waals surface area contributed by atoms with E-state index in [9.17, 15) is 19.8 Å². The van der Waals surface area contributed by atoms with E-state index < -0.39 is 17.5 Å². The second kappa shape index (κ2) is 8.99. The molecular weight excluding hydrogens is 423 g/mol. The third-order valence-corrected chi connectivity index (χ3v) is 3.15. The third kappa shape index (κ3) is 5.38. The minimum Gasteiger partial charge on any atom is -0.545 e. The van der Waals surface area contributed by atoms with Crippen molar-refractivity contribution >= 4 is 35.5 Å². The van der Waals surface area contributed by atoms with E-state index in [0.29, 0.717) is 0 Å². The van der Waals surface area contributed by atoms with Crippen molar-refractivity contribution in [3.8, 4) is 0 Å². The maximum atomic E-state index is 10.3. The summed E-state index contributed by atoms with van der Waals surface area (Å²) in [5.74, 6) is -3.43. The van der Waals surface area contributed by atoms with Gasteiger partial charge >= 0.3 is 21.1 Å². The molecule has 0 aromatic rings. The molecule has 1 aliphatic heterocycles. The van der Waals surface area contributed by atoms with Crippen LogP contribution in [0, 0.1) is 0 Å². The van der Waals surface area contributed by atoms with Crippen LogP contribution in [0.15, 0.2) is 20.6 Å². The molecule has 0 aromatic carbocycles. The smallest absolute Gasteiger partial charge is 0.545 e. The number of carboxylic acids is 2. The van der Waals surface area contributed by atoms with Gasteiger partial charge in [0.2, 0.25) is 0 Å². The van der Waals surface area contributed by atoms with Gasteiger partial charge in [-0.25, -0.2) is 0 Å². The molecule has 0 saturated heterocycles. The molecule has 6 nitrogen and oxygen atoms in total. The molecule has 0 fully saturated rings. The number of thioether (sulfide) groups is 2. The van der Waals surface area contributed by atoms with Crippen LogP contribution in [-0.2, 0) is 30.7 Å². The Hall–Kier alpha value is -0.272. The van der Waals surface area contributed by atoms with Gasteiger partial charge in [-0.2, -0.15) is 0 Å². The molecule has 6 N–H and O–H groups in total. The number of hydrogen-bond acceptors (Lipinski definition) is 8. The van der Waals surface area contributed by atoms with E-state index in [-0.39, 0.29) is 37.6 Å². The molecule has 0 unspecified atom stereocenters. The molecule has 1 rings (SSSR count). The van der Waals surface area contributed by atoms with Crippen LogP contribution in [0.1, 0.15) is 0 Å². The van der Waals surface area contributed by atoms with Gasteiger partial charge in [0.1, 0.15) is 0 Å². The molecule has 1 aliphatic rings. The van der Waals surface area contributed by atoms with Crippen molar-refractivity contribution in [2.45, 2.75) is 0 Å². The first-order chi connectivity index (χ1) is 5.63. The van der Waals surface area contributed by atoms with Gasteiger partial charge in [0.05, 0.1) is 16.2 Å². The predicted octanol–water partition coefficient (Wildman–Crippen LogP) is -1.03. The molecule has 0 aliphatic carbocycles. The summed E-state index contributed by atoms with van der Waals surface area (Å²) in [6, 6.07) is 0. The molecule has 15 heavy (non-hydrogen) atoms. The number of aliphatic carboxylic acids is 2. The Morgan fingerprint density at radius 3 is 1.60 bits per heavy atom. The largest absolute Gasteiger partial charge is 2.00 e. The van der Waals surface area contributed by atoms with E-state index in [1.807, 2.05) is 0 Å². The minimum absolute atomic E-state index is 0. The fraction of sp³-hybridized carbons (Fsp3) is 0. The maximum Gasteiger partial charge on any atom is 2.00 e. The molecule has 0 saturated carbocycles. The second-order valence-corrected chi connectivity index (χ2v) is 3.84. The zero-order valence-corrected chi connectivity index (χ0v) is 11.2. The molecule has 9 heteroatoms. The predicted molar refractivity (Wildman–Crippen MR) is 51.4 cm³/mol. The monoisotopic (exact) mass is 431 g/mol.